The lowest BCUT2D eigenvalue weighted by atomic mass is 10.2. The first kappa shape index (κ1) is 23.8. The number of anilines is 1. The molecule has 1 amide bonds. The number of para-hydroxylation sites is 1. The molecule has 0 aromatic heterocycles. The average Bonchev–Trinajstić information content (AvgIpc) is 2.68. The standard InChI is InChI=1S/C19H23Cl2N3O3S2/c1-23(2)29(26,27)24(15-7-4-3-5-8-15)13-19(25)22-11-12-28-14-16-17(20)9-6-10-18(16)21/h3-10H,11-14H2,1-2H3,(H,22,25). The van der Waals surface area contributed by atoms with Crippen LogP contribution in [0.2, 0.25) is 10.0 Å². The molecule has 0 aliphatic heterocycles. The van der Waals surface area contributed by atoms with E-state index in [1.807, 2.05) is 0 Å². The van der Waals surface area contributed by atoms with Gasteiger partial charge in [0.2, 0.25) is 5.91 Å². The zero-order valence-electron chi connectivity index (χ0n) is 16.1. The monoisotopic (exact) mass is 475 g/mol. The molecule has 2 aromatic rings. The Bertz CT molecular complexity index is 905. The fourth-order valence-electron chi connectivity index (χ4n) is 2.39. The Balaban J connectivity index is 1.89. The minimum atomic E-state index is -3.80. The summed E-state index contributed by atoms with van der Waals surface area (Å²) in [7, 11) is -0.936. The molecule has 0 fully saturated rings. The summed E-state index contributed by atoms with van der Waals surface area (Å²) in [5.74, 6) is 0.883. The van der Waals surface area contributed by atoms with Crippen molar-refractivity contribution in [1.29, 1.82) is 0 Å². The summed E-state index contributed by atoms with van der Waals surface area (Å²) < 4.78 is 27.4. The van der Waals surface area contributed by atoms with Gasteiger partial charge < -0.3 is 5.32 Å². The Hall–Kier alpha value is -1.45. The molecule has 0 saturated carbocycles. The molecule has 1 N–H and O–H groups in total. The third-order valence-electron chi connectivity index (χ3n) is 3.95. The maximum Gasteiger partial charge on any atom is 0.304 e. The van der Waals surface area contributed by atoms with Gasteiger partial charge in [0.15, 0.2) is 0 Å². The minimum absolute atomic E-state index is 0.300. The summed E-state index contributed by atoms with van der Waals surface area (Å²) in [5.41, 5.74) is 1.29. The van der Waals surface area contributed by atoms with E-state index in [1.54, 1.807) is 60.3 Å². The van der Waals surface area contributed by atoms with Crippen molar-refractivity contribution in [2.24, 2.45) is 0 Å². The number of benzene rings is 2. The molecule has 0 radical (unpaired) electrons. The molecule has 0 bridgehead atoms. The number of hydrogen-bond donors (Lipinski definition) is 1. The van der Waals surface area contributed by atoms with Crippen molar-refractivity contribution in [3.8, 4) is 0 Å². The molecule has 0 atom stereocenters. The van der Waals surface area contributed by atoms with Crippen LogP contribution in [0.5, 0.6) is 0 Å². The molecule has 0 heterocycles. The average molecular weight is 476 g/mol. The van der Waals surface area contributed by atoms with Gasteiger partial charge in [-0.2, -0.15) is 24.5 Å². The molecule has 0 aliphatic rings. The highest BCUT2D eigenvalue weighted by Gasteiger charge is 2.26. The number of carbonyl (C=O) groups is 1. The number of carbonyl (C=O) groups excluding carboxylic acids is 1. The van der Waals surface area contributed by atoms with E-state index in [-0.39, 0.29) is 12.5 Å². The van der Waals surface area contributed by atoms with Gasteiger partial charge in [-0.25, -0.2) is 4.31 Å². The molecule has 0 saturated heterocycles. The van der Waals surface area contributed by atoms with E-state index in [9.17, 15) is 13.2 Å². The zero-order chi connectivity index (χ0) is 21.4. The van der Waals surface area contributed by atoms with Gasteiger partial charge in [0, 0.05) is 42.2 Å². The van der Waals surface area contributed by atoms with Crippen molar-refractivity contribution in [1.82, 2.24) is 9.62 Å². The van der Waals surface area contributed by atoms with Crippen LogP contribution in [0.1, 0.15) is 5.56 Å². The van der Waals surface area contributed by atoms with Gasteiger partial charge in [0.25, 0.3) is 0 Å². The first-order chi connectivity index (χ1) is 13.7. The van der Waals surface area contributed by atoms with Gasteiger partial charge in [-0.15, -0.1) is 0 Å². The van der Waals surface area contributed by atoms with Gasteiger partial charge in [-0.1, -0.05) is 47.5 Å². The van der Waals surface area contributed by atoms with E-state index in [2.05, 4.69) is 5.32 Å². The molecule has 6 nitrogen and oxygen atoms in total. The number of halogens is 2. The number of nitrogens with one attached hydrogen (secondary N) is 1. The summed E-state index contributed by atoms with van der Waals surface area (Å²) in [6.45, 7) is 0.0990. The smallest absolute Gasteiger partial charge is 0.304 e. The maximum absolute atomic E-state index is 12.6. The number of hydrogen-bond acceptors (Lipinski definition) is 4. The predicted molar refractivity (Wildman–Crippen MR) is 122 cm³/mol. The first-order valence-corrected chi connectivity index (χ1v) is 12.1. The Kier molecular flexibility index (Phi) is 9.10. The molecule has 10 heteroatoms. The van der Waals surface area contributed by atoms with Crippen LogP contribution in [0, 0.1) is 0 Å². The second kappa shape index (κ2) is 11.1. The van der Waals surface area contributed by atoms with Crippen LogP contribution in [-0.2, 0) is 20.8 Å². The number of rotatable bonds is 10. The summed E-state index contributed by atoms with van der Waals surface area (Å²) in [6, 6.07) is 13.9. The molecule has 29 heavy (non-hydrogen) atoms. The van der Waals surface area contributed by atoms with Gasteiger partial charge >= 0.3 is 10.2 Å². The highest BCUT2D eigenvalue weighted by molar-refractivity contribution is 7.98. The van der Waals surface area contributed by atoms with Crippen LogP contribution >= 0.6 is 35.0 Å². The first-order valence-electron chi connectivity index (χ1n) is 8.76. The SMILES string of the molecule is CN(C)S(=O)(=O)N(CC(=O)NCCSCc1c(Cl)cccc1Cl)c1ccccc1. The topological polar surface area (TPSA) is 69.7 Å². The summed E-state index contributed by atoms with van der Waals surface area (Å²) in [5, 5.41) is 3.98. The third-order valence-corrected chi connectivity index (χ3v) is 7.46. The second-order valence-corrected chi connectivity index (χ2v) is 10.2. The van der Waals surface area contributed by atoms with Crippen molar-refractivity contribution in [2.45, 2.75) is 5.75 Å². The van der Waals surface area contributed by atoms with Crippen LogP contribution in [0.15, 0.2) is 48.5 Å². The Morgan fingerprint density at radius 2 is 1.66 bits per heavy atom. The van der Waals surface area contributed by atoms with Crippen LogP contribution in [0.4, 0.5) is 5.69 Å². The van der Waals surface area contributed by atoms with Crippen LogP contribution < -0.4 is 9.62 Å². The second-order valence-electron chi connectivity index (χ2n) is 6.24. The van der Waals surface area contributed by atoms with E-state index in [0.29, 0.717) is 33.8 Å². The maximum atomic E-state index is 12.6. The molecule has 0 unspecified atom stereocenters. The van der Waals surface area contributed by atoms with Crippen molar-refractivity contribution in [3.63, 3.8) is 0 Å². The fourth-order valence-corrected chi connectivity index (χ4v) is 5.05. The molecule has 0 aliphatic carbocycles. The van der Waals surface area contributed by atoms with Gasteiger partial charge in [0.05, 0.1) is 5.69 Å². The molecule has 2 aromatic carbocycles. The van der Waals surface area contributed by atoms with Crippen molar-refractivity contribution in [3.05, 3.63) is 64.1 Å². The van der Waals surface area contributed by atoms with E-state index in [4.69, 9.17) is 23.2 Å². The lowest BCUT2D eigenvalue weighted by Gasteiger charge is -2.26. The quantitative estimate of drug-likeness (QED) is 0.532. The Morgan fingerprint density at radius 3 is 2.24 bits per heavy atom. The molecule has 0 spiro atoms. The minimum Gasteiger partial charge on any atom is -0.354 e. The number of amides is 1. The van der Waals surface area contributed by atoms with E-state index >= 15 is 0 Å². The molecule has 158 valence electrons. The normalized spacial score (nSPS) is 11.5. The van der Waals surface area contributed by atoms with Crippen LogP contribution in [-0.4, -0.2) is 51.6 Å². The number of thioether (sulfide) groups is 1. The van der Waals surface area contributed by atoms with Crippen molar-refractivity contribution < 1.29 is 13.2 Å². The Morgan fingerprint density at radius 1 is 1.03 bits per heavy atom. The van der Waals surface area contributed by atoms with Crippen LogP contribution in [0.3, 0.4) is 0 Å². The zero-order valence-corrected chi connectivity index (χ0v) is 19.3. The fraction of sp³-hybridized carbons (Fsp3) is 0.316. The largest absolute Gasteiger partial charge is 0.354 e. The van der Waals surface area contributed by atoms with Crippen LogP contribution in [0.25, 0.3) is 0 Å². The van der Waals surface area contributed by atoms with E-state index in [1.165, 1.54) is 14.1 Å². The van der Waals surface area contributed by atoms with E-state index < -0.39 is 10.2 Å². The third kappa shape index (κ3) is 6.79. The van der Waals surface area contributed by atoms with Gasteiger partial charge in [-0.05, 0) is 29.8 Å². The Labute approximate surface area is 186 Å². The number of nitrogens with zero attached hydrogens (tertiary/aromatic N) is 2. The lowest BCUT2D eigenvalue weighted by Crippen LogP contribution is -2.46. The van der Waals surface area contributed by atoms with Gasteiger partial charge in [0.1, 0.15) is 6.54 Å². The summed E-state index contributed by atoms with van der Waals surface area (Å²) >= 11 is 13.9. The summed E-state index contributed by atoms with van der Waals surface area (Å²) in [4.78, 5) is 12.4. The van der Waals surface area contributed by atoms with Crippen molar-refractivity contribution in [2.75, 3.05) is 37.2 Å². The van der Waals surface area contributed by atoms with E-state index in [0.717, 1.165) is 14.2 Å². The highest BCUT2D eigenvalue weighted by Crippen LogP contribution is 2.28. The molecule has 2 rings (SSSR count). The van der Waals surface area contributed by atoms with Gasteiger partial charge in [-0.3, -0.25) is 4.79 Å². The summed E-state index contributed by atoms with van der Waals surface area (Å²) in [6.07, 6.45) is 0. The predicted octanol–water partition coefficient (Wildman–Crippen LogP) is 3.66. The van der Waals surface area contributed by atoms with Crippen molar-refractivity contribution >= 4 is 56.8 Å². The molecular weight excluding hydrogens is 453 g/mol. The lowest BCUT2D eigenvalue weighted by molar-refractivity contribution is -0.119. The molecular formula is C19H23Cl2N3O3S2. The highest BCUT2D eigenvalue weighted by atomic mass is 35.5.